The van der Waals surface area contributed by atoms with Crippen LogP contribution < -0.4 is 5.32 Å². The molecule has 1 amide bonds. The molecule has 0 aromatic heterocycles. The summed E-state index contributed by atoms with van der Waals surface area (Å²) >= 11 is 0. The number of nitrogens with zero attached hydrogens (tertiary/aromatic N) is 1. The Kier molecular flexibility index (Phi) is 4.61. The molecule has 0 saturated carbocycles. The Hall–Kier alpha value is -0.810. The second-order valence-electron chi connectivity index (χ2n) is 6.59. The number of carbonyl (C=O) groups excluding carboxylic acids is 1. The third-order valence-corrected chi connectivity index (χ3v) is 2.65. The summed E-state index contributed by atoms with van der Waals surface area (Å²) in [7, 11) is 0. The predicted octanol–water partition coefficient (Wildman–Crippen LogP) is 1.36. The van der Waals surface area contributed by atoms with Crippen molar-refractivity contribution in [3.05, 3.63) is 0 Å². The Morgan fingerprint density at radius 1 is 1.39 bits per heavy atom. The molecule has 0 spiro atoms. The molecule has 106 valence electrons. The predicted molar refractivity (Wildman–Crippen MR) is 70.5 cm³/mol. The molecule has 0 aromatic rings. The van der Waals surface area contributed by atoms with Crippen molar-refractivity contribution in [2.75, 3.05) is 19.6 Å². The van der Waals surface area contributed by atoms with E-state index in [1.807, 2.05) is 20.8 Å². The first-order valence-electron chi connectivity index (χ1n) is 6.50. The van der Waals surface area contributed by atoms with E-state index in [9.17, 15) is 9.90 Å². The standard InChI is InChI=1S/C13H26N2O3/c1-12(2,3)18-11(16)15-7-6-14-10(9-15)8-13(4,5)17/h10,14,17H,6-9H2,1-5H3. The number of amides is 1. The molecule has 1 atom stereocenters. The molecular formula is C13H26N2O3. The average Bonchev–Trinajstić information content (AvgIpc) is 2.12. The molecule has 5 nitrogen and oxygen atoms in total. The molecule has 0 aliphatic carbocycles. The molecule has 18 heavy (non-hydrogen) atoms. The van der Waals surface area contributed by atoms with E-state index in [4.69, 9.17) is 4.74 Å². The van der Waals surface area contributed by atoms with Crippen LogP contribution in [0.4, 0.5) is 4.79 Å². The van der Waals surface area contributed by atoms with E-state index in [0.717, 1.165) is 6.54 Å². The van der Waals surface area contributed by atoms with Gasteiger partial charge in [-0.15, -0.1) is 0 Å². The number of hydrogen-bond donors (Lipinski definition) is 2. The summed E-state index contributed by atoms with van der Waals surface area (Å²) in [5, 5.41) is 13.1. The van der Waals surface area contributed by atoms with Gasteiger partial charge in [0, 0.05) is 25.7 Å². The maximum atomic E-state index is 11.9. The van der Waals surface area contributed by atoms with Crippen LogP contribution in [0.25, 0.3) is 0 Å². The van der Waals surface area contributed by atoms with E-state index in [0.29, 0.717) is 19.5 Å². The summed E-state index contributed by atoms with van der Waals surface area (Å²) in [5.74, 6) is 0. The first-order chi connectivity index (χ1) is 8.07. The number of carbonyl (C=O) groups is 1. The highest BCUT2D eigenvalue weighted by Gasteiger charge is 2.29. The normalized spacial score (nSPS) is 21.9. The molecule has 1 fully saturated rings. The maximum Gasteiger partial charge on any atom is 0.410 e. The van der Waals surface area contributed by atoms with Gasteiger partial charge in [-0.05, 0) is 41.0 Å². The Morgan fingerprint density at radius 3 is 2.50 bits per heavy atom. The zero-order chi connectivity index (χ0) is 14.0. The second kappa shape index (κ2) is 5.45. The van der Waals surface area contributed by atoms with Crippen molar-refractivity contribution in [3.63, 3.8) is 0 Å². The van der Waals surface area contributed by atoms with Gasteiger partial charge in [0.1, 0.15) is 5.60 Å². The number of piperazine rings is 1. The van der Waals surface area contributed by atoms with Crippen molar-refractivity contribution in [3.8, 4) is 0 Å². The minimum absolute atomic E-state index is 0.117. The monoisotopic (exact) mass is 258 g/mol. The molecule has 1 heterocycles. The molecule has 0 aromatic carbocycles. The third kappa shape index (κ3) is 5.69. The van der Waals surface area contributed by atoms with Crippen LogP contribution in [0.5, 0.6) is 0 Å². The van der Waals surface area contributed by atoms with Crippen molar-refractivity contribution in [1.29, 1.82) is 0 Å². The summed E-state index contributed by atoms with van der Waals surface area (Å²) in [6.45, 7) is 11.1. The van der Waals surface area contributed by atoms with Crippen LogP contribution in [0.3, 0.4) is 0 Å². The lowest BCUT2D eigenvalue weighted by Gasteiger charge is -2.36. The molecule has 1 saturated heterocycles. The van der Waals surface area contributed by atoms with Crippen molar-refractivity contribution in [1.82, 2.24) is 10.2 Å². The van der Waals surface area contributed by atoms with Gasteiger partial charge in [0.25, 0.3) is 0 Å². The van der Waals surface area contributed by atoms with E-state index < -0.39 is 11.2 Å². The molecular weight excluding hydrogens is 232 g/mol. The number of nitrogens with one attached hydrogen (secondary N) is 1. The van der Waals surface area contributed by atoms with E-state index in [-0.39, 0.29) is 12.1 Å². The van der Waals surface area contributed by atoms with E-state index in [1.165, 1.54) is 0 Å². The topological polar surface area (TPSA) is 61.8 Å². The molecule has 0 bridgehead atoms. The molecule has 1 aliphatic heterocycles. The molecule has 1 aliphatic rings. The number of rotatable bonds is 2. The Labute approximate surface area is 109 Å². The molecule has 0 radical (unpaired) electrons. The van der Waals surface area contributed by atoms with Crippen LogP contribution in [-0.2, 0) is 4.74 Å². The Morgan fingerprint density at radius 2 is 2.00 bits per heavy atom. The van der Waals surface area contributed by atoms with Gasteiger partial charge in [0.15, 0.2) is 0 Å². The van der Waals surface area contributed by atoms with Crippen molar-refractivity contribution in [2.45, 2.75) is 58.3 Å². The number of aliphatic hydroxyl groups is 1. The van der Waals surface area contributed by atoms with Crippen LogP contribution in [0, 0.1) is 0 Å². The van der Waals surface area contributed by atoms with E-state index in [2.05, 4.69) is 5.32 Å². The maximum absolute atomic E-state index is 11.9. The lowest BCUT2D eigenvalue weighted by Crippen LogP contribution is -2.55. The number of ether oxygens (including phenoxy) is 1. The lowest BCUT2D eigenvalue weighted by atomic mass is 9.98. The minimum atomic E-state index is -0.728. The molecule has 5 heteroatoms. The van der Waals surface area contributed by atoms with Gasteiger partial charge >= 0.3 is 6.09 Å². The van der Waals surface area contributed by atoms with Gasteiger partial charge in [-0.1, -0.05) is 0 Å². The largest absolute Gasteiger partial charge is 0.444 e. The van der Waals surface area contributed by atoms with Crippen LogP contribution in [0.15, 0.2) is 0 Å². The number of hydrogen-bond acceptors (Lipinski definition) is 4. The van der Waals surface area contributed by atoms with Crippen molar-refractivity contribution < 1.29 is 14.6 Å². The summed E-state index contributed by atoms with van der Waals surface area (Å²) in [5.41, 5.74) is -1.19. The zero-order valence-electron chi connectivity index (χ0n) is 12.1. The van der Waals surface area contributed by atoms with Gasteiger partial charge < -0.3 is 20.1 Å². The third-order valence-electron chi connectivity index (χ3n) is 2.65. The van der Waals surface area contributed by atoms with Gasteiger partial charge in [0.2, 0.25) is 0 Å². The smallest absolute Gasteiger partial charge is 0.410 e. The fourth-order valence-electron chi connectivity index (χ4n) is 2.06. The summed E-state index contributed by atoms with van der Waals surface area (Å²) in [4.78, 5) is 13.6. The molecule has 1 unspecified atom stereocenters. The highest BCUT2D eigenvalue weighted by Crippen LogP contribution is 2.16. The van der Waals surface area contributed by atoms with Crippen molar-refractivity contribution in [2.24, 2.45) is 0 Å². The lowest BCUT2D eigenvalue weighted by molar-refractivity contribution is 0.0109. The quantitative estimate of drug-likeness (QED) is 0.785. The summed E-state index contributed by atoms with van der Waals surface area (Å²) in [6.07, 6.45) is 0.344. The van der Waals surface area contributed by atoms with Crippen LogP contribution >= 0.6 is 0 Å². The van der Waals surface area contributed by atoms with Crippen molar-refractivity contribution >= 4 is 6.09 Å². The highest BCUT2D eigenvalue weighted by molar-refractivity contribution is 5.68. The van der Waals surface area contributed by atoms with Crippen LogP contribution in [-0.4, -0.2) is 53.0 Å². The summed E-state index contributed by atoms with van der Waals surface area (Å²) < 4.78 is 5.35. The summed E-state index contributed by atoms with van der Waals surface area (Å²) in [6, 6.07) is 0.117. The highest BCUT2D eigenvalue weighted by atomic mass is 16.6. The van der Waals surface area contributed by atoms with Crippen LogP contribution in [0.2, 0.25) is 0 Å². The fraction of sp³-hybridized carbons (Fsp3) is 0.923. The first-order valence-corrected chi connectivity index (χ1v) is 6.50. The molecule has 2 N–H and O–H groups in total. The van der Waals surface area contributed by atoms with Crippen LogP contribution in [0.1, 0.15) is 41.0 Å². The zero-order valence-corrected chi connectivity index (χ0v) is 12.1. The van der Waals surface area contributed by atoms with Gasteiger partial charge in [-0.3, -0.25) is 0 Å². The van der Waals surface area contributed by atoms with Gasteiger partial charge in [0.05, 0.1) is 5.60 Å². The first kappa shape index (κ1) is 15.2. The SMILES string of the molecule is CC(C)(O)CC1CN(C(=O)OC(C)(C)C)CCN1. The fourth-order valence-corrected chi connectivity index (χ4v) is 2.06. The second-order valence-corrected chi connectivity index (χ2v) is 6.59. The Balaban J connectivity index is 2.51. The molecule has 1 rings (SSSR count). The minimum Gasteiger partial charge on any atom is -0.444 e. The van der Waals surface area contributed by atoms with Gasteiger partial charge in [-0.25, -0.2) is 4.79 Å². The van der Waals surface area contributed by atoms with E-state index in [1.54, 1.807) is 18.7 Å². The average molecular weight is 258 g/mol. The van der Waals surface area contributed by atoms with Gasteiger partial charge in [-0.2, -0.15) is 0 Å². The van der Waals surface area contributed by atoms with E-state index >= 15 is 0 Å². The Bertz CT molecular complexity index is 292.